The van der Waals surface area contributed by atoms with Gasteiger partial charge >= 0.3 is 0 Å². The van der Waals surface area contributed by atoms with Crippen LogP contribution in [-0.4, -0.2) is 0 Å². The Hall–Kier alpha value is -3.14. The molecule has 2 aromatic carbocycles. The van der Waals surface area contributed by atoms with Gasteiger partial charge in [0.15, 0.2) is 0 Å². The van der Waals surface area contributed by atoms with Crippen LogP contribution in [0.1, 0.15) is 101 Å². The molecule has 0 radical (unpaired) electrons. The molecule has 0 saturated heterocycles. The van der Waals surface area contributed by atoms with Crippen LogP contribution in [0.3, 0.4) is 0 Å². The largest absolute Gasteiger partial charge is 0.270 e. The molecule has 224 valence electrons. The summed E-state index contributed by atoms with van der Waals surface area (Å²) in [6, 6.07) is 9.15. The maximum atomic E-state index is 13.8. The van der Waals surface area contributed by atoms with Crippen LogP contribution in [0.25, 0.3) is 17.2 Å². The van der Waals surface area contributed by atoms with Gasteiger partial charge in [0.2, 0.25) is 0 Å². The predicted molar refractivity (Wildman–Crippen MR) is 171 cm³/mol. The lowest BCUT2D eigenvalue weighted by Crippen LogP contribution is -2.13. The Bertz CT molecular complexity index is 1220. The Labute approximate surface area is 246 Å². The number of benzene rings is 2. The fourth-order valence-corrected chi connectivity index (χ4v) is 4.33. The fraction of sp³-hybridized carbons (Fsp3) is 0.405. The summed E-state index contributed by atoms with van der Waals surface area (Å²) in [5.41, 5.74) is 4.86. The molecule has 0 heterocycles. The summed E-state index contributed by atoms with van der Waals surface area (Å²) in [4.78, 5) is 0. The second kappa shape index (κ2) is 15.7. The van der Waals surface area contributed by atoms with Crippen molar-refractivity contribution in [3.8, 4) is 0 Å². The molecule has 0 fully saturated rings. The molecule has 41 heavy (non-hydrogen) atoms. The molecule has 0 amide bonds. The number of rotatable bonds is 7. The first-order valence-corrected chi connectivity index (χ1v) is 14.3. The number of hydrogen-bond donors (Lipinski definition) is 0. The van der Waals surface area contributed by atoms with Gasteiger partial charge in [-0.15, -0.1) is 0 Å². The highest BCUT2D eigenvalue weighted by Gasteiger charge is 2.31. The highest BCUT2D eigenvalue weighted by Crippen LogP contribution is 2.36. The van der Waals surface area contributed by atoms with Gasteiger partial charge in [-0.3, -0.25) is 0 Å². The summed E-state index contributed by atoms with van der Waals surface area (Å²) in [5, 5.41) is 0. The van der Waals surface area contributed by atoms with E-state index in [0.29, 0.717) is 19.4 Å². The van der Waals surface area contributed by atoms with Crippen molar-refractivity contribution in [1.82, 2.24) is 0 Å². The molecule has 0 saturated carbocycles. The average Bonchev–Trinajstić information content (AvgIpc) is 2.87. The van der Waals surface area contributed by atoms with E-state index in [4.69, 9.17) is 0 Å². The van der Waals surface area contributed by atoms with Crippen molar-refractivity contribution in [1.29, 1.82) is 0 Å². The van der Waals surface area contributed by atoms with Crippen molar-refractivity contribution < 1.29 is 17.6 Å². The minimum atomic E-state index is -3.23. The lowest BCUT2D eigenvalue weighted by molar-refractivity contribution is 0.0105. The number of alkyl halides is 4. The first-order chi connectivity index (χ1) is 18.9. The van der Waals surface area contributed by atoms with Crippen LogP contribution in [0.2, 0.25) is 0 Å². The van der Waals surface area contributed by atoms with Gasteiger partial charge < -0.3 is 0 Å². The summed E-state index contributed by atoms with van der Waals surface area (Å²) >= 11 is 0. The maximum absolute atomic E-state index is 13.8. The minimum Gasteiger partial charge on any atom is -0.202 e. The molecule has 4 heteroatoms. The van der Waals surface area contributed by atoms with Crippen LogP contribution in [0, 0.1) is 18.8 Å². The molecule has 2 unspecified atom stereocenters. The van der Waals surface area contributed by atoms with Crippen LogP contribution >= 0.6 is 0 Å². The SMILES string of the molecule is C=C(C)C1CC=CCC1C.C=C(C)c1ccc(C)c(/C=C\C(=C)c2cc(C(C)(F)F)cc(C(C)(F)F)c2)c1.CCC. The van der Waals surface area contributed by atoms with Gasteiger partial charge in [-0.25, -0.2) is 17.6 Å². The molecular weight excluding hydrogens is 520 g/mol. The van der Waals surface area contributed by atoms with E-state index in [1.807, 2.05) is 32.0 Å². The lowest BCUT2D eigenvalue weighted by atomic mass is 9.80. The van der Waals surface area contributed by atoms with Crippen molar-refractivity contribution >= 4 is 17.2 Å². The van der Waals surface area contributed by atoms with Gasteiger partial charge in [-0.05, 0) is 97.5 Å². The molecule has 2 aromatic rings. The summed E-state index contributed by atoms with van der Waals surface area (Å²) in [7, 11) is 0. The smallest absolute Gasteiger partial charge is 0.202 e. The molecule has 0 N–H and O–H groups in total. The van der Waals surface area contributed by atoms with Crippen LogP contribution < -0.4 is 0 Å². The van der Waals surface area contributed by atoms with E-state index < -0.39 is 23.0 Å². The Morgan fingerprint density at radius 1 is 0.854 bits per heavy atom. The number of hydrogen-bond acceptors (Lipinski definition) is 0. The molecule has 0 nitrogen and oxygen atoms in total. The molecule has 3 rings (SSSR count). The normalized spacial score (nSPS) is 16.8. The van der Waals surface area contributed by atoms with E-state index in [-0.39, 0.29) is 5.56 Å². The Morgan fingerprint density at radius 3 is 1.78 bits per heavy atom. The van der Waals surface area contributed by atoms with Gasteiger partial charge in [0.25, 0.3) is 11.8 Å². The zero-order chi connectivity index (χ0) is 31.5. The Balaban J connectivity index is 0.000000534. The summed E-state index contributed by atoms with van der Waals surface area (Å²) in [6.45, 7) is 25.7. The molecule has 0 spiro atoms. The standard InChI is InChI=1S/C24H24F4.C10H16.C3H8/c1-15(2)18-9-7-16(3)19(11-18)10-8-17(4)20-12-21(23(5,25)26)14-22(13-20)24(6,27)28;1-8(2)10-7-5-4-6-9(10)3;1-3-2/h7-14H,1,4H2,2-3,5-6H3;4-5,9-10H,1,6-7H2,2-3H3;3H2,1-2H3/b10-8-;;. The Morgan fingerprint density at radius 2 is 1.37 bits per heavy atom. The van der Waals surface area contributed by atoms with E-state index in [9.17, 15) is 17.6 Å². The third-order valence-corrected chi connectivity index (χ3v) is 6.94. The zero-order valence-corrected chi connectivity index (χ0v) is 26.2. The second-order valence-corrected chi connectivity index (χ2v) is 11.4. The third kappa shape index (κ3) is 11.7. The van der Waals surface area contributed by atoms with Crippen molar-refractivity contribution in [2.45, 2.75) is 86.5 Å². The second-order valence-electron chi connectivity index (χ2n) is 11.4. The van der Waals surface area contributed by atoms with E-state index in [0.717, 1.165) is 40.2 Å². The molecule has 0 aromatic heterocycles. The van der Waals surface area contributed by atoms with Gasteiger partial charge in [-0.1, -0.05) is 94.5 Å². The number of halogens is 4. The van der Waals surface area contributed by atoms with Crippen LogP contribution in [0.5, 0.6) is 0 Å². The molecular formula is C37H48F4. The highest BCUT2D eigenvalue weighted by atomic mass is 19.3. The van der Waals surface area contributed by atoms with Crippen molar-refractivity contribution in [2.24, 2.45) is 11.8 Å². The van der Waals surface area contributed by atoms with Crippen LogP contribution in [-0.2, 0) is 11.8 Å². The highest BCUT2D eigenvalue weighted by molar-refractivity contribution is 5.79. The third-order valence-electron chi connectivity index (χ3n) is 6.94. The summed E-state index contributed by atoms with van der Waals surface area (Å²) < 4.78 is 55.2. The molecule has 1 aliphatic carbocycles. The summed E-state index contributed by atoms with van der Waals surface area (Å²) in [6.07, 6.45) is 11.7. The van der Waals surface area contributed by atoms with Gasteiger partial charge in [-0.2, -0.15) is 0 Å². The topological polar surface area (TPSA) is 0 Å². The van der Waals surface area contributed by atoms with E-state index >= 15 is 0 Å². The van der Waals surface area contributed by atoms with E-state index in [2.05, 4.69) is 59.6 Å². The van der Waals surface area contributed by atoms with Crippen molar-refractivity contribution in [3.63, 3.8) is 0 Å². The minimum absolute atomic E-state index is 0.237. The molecule has 2 atom stereocenters. The fourth-order valence-electron chi connectivity index (χ4n) is 4.33. The molecule has 1 aliphatic rings. The van der Waals surface area contributed by atoms with Crippen LogP contribution in [0.15, 0.2) is 79.9 Å². The molecule has 0 aliphatic heterocycles. The van der Waals surface area contributed by atoms with Crippen molar-refractivity contribution in [2.75, 3.05) is 0 Å². The number of allylic oxidation sites excluding steroid dienone is 6. The van der Waals surface area contributed by atoms with Crippen LogP contribution in [0.4, 0.5) is 17.6 Å². The zero-order valence-electron chi connectivity index (χ0n) is 26.2. The van der Waals surface area contributed by atoms with Gasteiger partial charge in [0.05, 0.1) is 0 Å². The summed E-state index contributed by atoms with van der Waals surface area (Å²) in [5.74, 6) is -4.91. The first kappa shape index (κ1) is 35.9. The molecule has 0 bridgehead atoms. The Kier molecular flexibility index (Phi) is 13.8. The average molecular weight is 569 g/mol. The number of aryl methyl sites for hydroxylation is 1. The van der Waals surface area contributed by atoms with E-state index in [1.54, 1.807) is 12.2 Å². The van der Waals surface area contributed by atoms with Gasteiger partial charge in [0, 0.05) is 25.0 Å². The monoisotopic (exact) mass is 568 g/mol. The van der Waals surface area contributed by atoms with E-state index in [1.165, 1.54) is 37.0 Å². The first-order valence-electron chi connectivity index (χ1n) is 14.3. The quantitative estimate of drug-likeness (QED) is 0.177. The van der Waals surface area contributed by atoms with Crippen molar-refractivity contribution in [3.05, 3.63) is 113 Å². The lowest BCUT2D eigenvalue weighted by Gasteiger charge is -2.25. The maximum Gasteiger partial charge on any atom is 0.270 e. The predicted octanol–water partition coefficient (Wildman–Crippen LogP) is 12.6. The van der Waals surface area contributed by atoms with Gasteiger partial charge in [0.1, 0.15) is 0 Å².